The molecule has 1 heterocycles. The van der Waals surface area contributed by atoms with Crippen molar-refractivity contribution >= 4 is 5.91 Å². The van der Waals surface area contributed by atoms with Crippen LogP contribution in [0.15, 0.2) is 18.2 Å². The number of amides is 1. The molecule has 4 atom stereocenters. The van der Waals surface area contributed by atoms with Crippen LogP contribution in [-0.4, -0.2) is 53.8 Å². The van der Waals surface area contributed by atoms with Gasteiger partial charge in [-0.2, -0.15) is 0 Å². The molecule has 3 aliphatic carbocycles. The number of fused-ring (bicyclic) bond motifs is 1. The smallest absolute Gasteiger partial charge is 0.222 e. The van der Waals surface area contributed by atoms with Gasteiger partial charge in [-0.15, -0.1) is 0 Å². The largest absolute Gasteiger partial charge is 0.497 e. The number of hydrogen-bond donors (Lipinski definition) is 2. The van der Waals surface area contributed by atoms with E-state index in [1.165, 1.54) is 24.0 Å². The Kier molecular flexibility index (Phi) is 4.90. The van der Waals surface area contributed by atoms with E-state index in [2.05, 4.69) is 28.4 Å². The summed E-state index contributed by atoms with van der Waals surface area (Å²) in [6.07, 6.45) is 7.01. The molecule has 1 saturated heterocycles. The molecule has 164 valence electrons. The molecule has 4 aliphatic rings. The lowest BCUT2D eigenvalue weighted by molar-refractivity contribution is -0.172. The summed E-state index contributed by atoms with van der Waals surface area (Å²) in [5, 5.41) is 15.7. The van der Waals surface area contributed by atoms with Crippen molar-refractivity contribution in [2.45, 2.75) is 81.9 Å². The SMILES string of the molecule is COc1ccc2c(c1)C13CCC(NC(=O)C(C)C)CC1(O)C(C2)N(CC1CC1)CC3. The molecule has 0 aromatic heterocycles. The fourth-order valence-electron chi connectivity index (χ4n) is 6.56. The lowest BCUT2D eigenvalue weighted by Crippen LogP contribution is -2.74. The van der Waals surface area contributed by atoms with E-state index >= 15 is 0 Å². The second-order valence-electron chi connectivity index (χ2n) is 10.5. The van der Waals surface area contributed by atoms with Gasteiger partial charge >= 0.3 is 0 Å². The Morgan fingerprint density at radius 2 is 2.10 bits per heavy atom. The van der Waals surface area contributed by atoms with Crippen LogP contribution in [0.1, 0.15) is 63.5 Å². The van der Waals surface area contributed by atoms with E-state index in [0.717, 1.165) is 50.4 Å². The van der Waals surface area contributed by atoms with E-state index in [1.54, 1.807) is 7.11 Å². The molecule has 5 nitrogen and oxygen atoms in total. The predicted octanol–water partition coefficient (Wildman–Crippen LogP) is 3.03. The van der Waals surface area contributed by atoms with Gasteiger partial charge in [-0.1, -0.05) is 19.9 Å². The second-order valence-corrected chi connectivity index (χ2v) is 10.5. The van der Waals surface area contributed by atoms with Gasteiger partial charge in [0.15, 0.2) is 0 Å². The summed E-state index contributed by atoms with van der Waals surface area (Å²) < 4.78 is 5.56. The first-order valence-corrected chi connectivity index (χ1v) is 11.8. The Hall–Kier alpha value is -1.59. The molecule has 4 unspecified atom stereocenters. The van der Waals surface area contributed by atoms with Crippen LogP contribution in [0.25, 0.3) is 0 Å². The van der Waals surface area contributed by atoms with Crippen molar-refractivity contribution in [3.05, 3.63) is 29.3 Å². The lowest BCUT2D eigenvalue weighted by Gasteiger charge is -2.65. The lowest BCUT2D eigenvalue weighted by atomic mass is 9.49. The fourth-order valence-corrected chi connectivity index (χ4v) is 6.56. The minimum Gasteiger partial charge on any atom is -0.497 e. The number of benzene rings is 1. The number of nitrogens with one attached hydrogen (secondary N) is 1. The molecule has 2 N–H and O–H groups in total. The highest BCUT2D eigenvalue weighted by Gasteiger charge is 2.64. The molecule has 3 fully saturated rings. The first kappa shape index (κ1) is 20.3. The average molecular weight is 413 g/mol. The van der Waals surface area contributed by atoms with E-state index in [0.29, 0.717) is 6.42 Å². The first-order valence-electron chi connectivity index (χ1n) is 11.8. The normalized spacial score (nSPS) is 35.5. The van der Waals surface area contributed by atoms with Crippen molar-refractivity contribution in [3.63, 3.8) is 0 Å². The number of hydrogen-bond acceptors (Lipinski definition) is 4. The Balaban J connectivity index is 1.53. The van der Waals surface area contributed by atoms with Crippen LogP contribution in [0, 0.1) is 11.8 Å². The molecule has 1 aromatic carbocycles. The maximum absolute atomic E-state index is 12.5. The summed E-state index contributed by atoms with van der Waals surface area (Å²) in [6, 6.07) is 6.64. The van der Waals surface area contributed by atoms with Crippen LogP contribution >= 0.6 is 0 Å². The van der Waals surface area contributed by atoms with Gasteiger partial charge in [0.25, 0.3) is 0 Å². The van der Waals surface area contributed by atoms with Crippen molar-refractivity contribution < 1.29 is 14.6 Å². The molecule has 1 aromatic rings. The van der Waals surface area contributed by atoms with E-state index in [9.17, 15) is 9.90 Å². The number of aliphatic hydroxyl groups is 1. The number of rotatable bonds is 5. The molecule has 5 heteroatoms. The Morgan fingerprint density at radius 3 is 2.80 bits per heavy atom. The maximum Gasteiger partial charge on any atom is 0.222 e. The van der Waals surface area contributed by atoms with Gasteiger partial charge in [0.1, 0.15) is 5.75 Å². The summed E-state index contributed by atoms with van der Waals surface area (Å²) in [5.74, 6) is 1.74. The number of nitrogens with zero attached hydrogens (tertiary/aromatic N) is 1. The number of likely N-dealkylation sites (tertiary alicyclic amines) is 1. The highest BCUT2D eigenvalue weighted by Crippen LogP contribution is 2.58. The molecule has 5 rings (SSSR count). The topological polar surface area (TPSA) is 61.8 Å². The third kappa shape index (κ3) is 3.08. The Bertz CT molecular complexity index is 836. The zero-order chi connectivity index (χ0) is 21.1. The van der Waals surface area contributed by atoms with Gasteiger partial charge in [-0.05, 0) is 80.7 Å². The monoisotopic (exact) mass is 412 g/mol. The summed E-state index contributed by atoms with van der Waals surface area (Å²) in [4.78, 5) is 15.0. The maximum atomic E-state index is 12.5. The summed E-state index contributed by atoms with van der Waals surface area (Å²) in [5.41, 5.74) is 1.61. The summed E-state index contributed by atoms with van der Waals surface area (Å²) >= 11 is 0. The Labute approximate surface area is 180 Å². The molecule has 30 heavy (non-hydrogen) atoms. The van der Waals surface area contributed by atoms with Crippen molar-refractivity contribution in [3.8, 4) is 5.75 Å². The van der Waals surface area contributed by atoms with E-state index in [1.807, 2.05) is 13.8 Å². The van der Waals surface area contributed by atoms with E-state index < -0.39 is 5.60 Å². The van der Waals surface area contributed by atoms with Crippen LogP contribution in [0.3, 0.4) is 0 Å². The summed E-state index contributed by atoms with van der Waals surface area (Å²) in [7, 11) is 1.72. The quantitative estimate of drug-likeness (QED) is 0.780. The van der Waals surface area contributed by atoms with Gasteiger partial charge in [-0.3, -0.25) is 9.69 Å². The van der Waals surface area contributed by atoms with Crippen LogP contribution in [-0.2, 0) is 16.6 Å². The average Bonchev–Trinajstić information content (AvgIpc) is 3.53. The number of ether oxygens (including phenoxy) is 1. The van der Waals surface area contributed by atoms with Crippen LogP contribution in [0.5, 0.6) is 5.75 Å². The first-order chi connectivity index (χ1) is 14.4. The molecule has 2 bridgehead atoms. The number of methoxy groups -OCH3 is 1. The van der Waals surface area contributed by atoms with Crippen LogP contribution in [0.4, 0.5) is 0 Å². The van der Waals surface area contributed by atoms with Gasteiger partial charge in [-0.25, -0.2) is 0 Å². The number of carbonyl (C=O) groups excluding carboxylic acids is 1. The van der Waals surface area contributed by atoms with Gasteiger partial charge < -0.3 is 15.2 Å². The van der Waals surface area contributed by atoms with Crippen LogP contribution < -0.4 is 10.1 Å². The molecule has 0 spiro atoms. The van der Waals surface area contributed by atoms with E-state index in [-0.39, 0.29) is 29.3 Å². The zero-order valence-electron chi connectivity index (χ0n) is 18.6. The second kappa shape index (κ2) is 7.23. The predicted molar refractivity (Wildman–Crippen MR) is 117 cm³/mol. The third-order valence-electron chi connectivity index (χ3n) is 8.43. The third-order valence-corrected chi connectivity index (χ3v) is 8.43. The molecule has 2 saturated carbocycles. The minimum atomic E-state index is -0.813. The van der Waals surface area contributed by atoms with E-state index in [4.69, 9.17) is 4.74 Å². The van der Waals surface area contributed by atoms with Crippen molar-refractivity contribution in [2.75, 3.05) is 20.2 Å². The molecular weight excluding hydrogens is 376 g/mol. The minimum absolute atomic E-state index is 0.0299. The van der Waals surface area contributed by atoms with Crippen LogP contribution in [0.2, 0.25) is 0 Å². The number of carbonyl (C=O) groups is 1. The van der Waals surface area contributed by atoms with Gasteiger partial charge in [0.05, 0.1) is 12.7 Å². The van der Waals surface area contributed by atoms with Gasteiger partial charge in [0.2, 0.25) is 5.91 Å². The van der Waals surface area contributed by atoms with Crippen molar-refractivity contribution in [2.24, 2.45) is 11.8 Å². The molecular formula is C25H36N2O3. The Morgan fingerprint density at radius 1 is 1.30 bits per heavy atom. The molecule has 0 radical (unpaired) electrons. The fraction of sp³-hybridized carbons (Fsp3) is 0.720. The van der Waals surface area contributed by atoms with Gasteiger partial charge in [0, 0.05) is 30.0 Å². The summed E-state index contributed by atoms with van der Waals surface area (Å²) in [6.45, 7) is 6.04. The van der Waals surface area contributed by atoms with Crippen molar-refractivity contribution in [1.29, 1.82) is 0 Å². The highest BCUT2D eigenvalue weighted by molar-refractivity contribution is 5.78. The van der Waals surface area contributed by atoms with Crippen molar-refractivity contribution in [1.82, 2.24) is 10.2 Å². The molecule has 1 amide bonds. The standard InChI is InChI=1S/C25H36N2O3/c1-16(2)23(28)26-19-8-9-24-10-11-27(15-17-4-5-17)22(25(24,29)14-19)12-18-6-7-20(30-3)13-21(18)24/h6-7,13,16-17,19,22,29H,4-5,8-12,14-15H2,1-3H3,(H,26,28). The number of piperidine rings is 1. The zero-order valence-corrected chi connectivity index (χ0v) is 18.6. The highest BCUT2D eigenvalue weighted by atomic mass is 16.5. The molecule has 1 aliphatic heterocycles.